The van der Waals surface area contributed by atoms with Crippen LogP contribution in [0.1, 0.15) is 22.3 Å². The fraction of sp³-hybridized carbons (Fsp3) is 0.231. The average molecular weight is 584 g/mol. The Labute approximate surface area is 228 Å². The number of benzene rings is 3. The number of methoxy groups -OCH3 is 1. The van der Waals surface area contributed by atoms with Crippen molar-refractivity contribution in [2.24, 2.45) is 0 Å². The number of hydrogen-bond acceptors (Lipinski definition) is 5. The van der Waals surface area contributed by atoms with Gasteiger partial charge in [-0.1, -0.05) is 41.9 Å². The number of sulfonamides is 1. The molecule has 0 radical (unpaired) electrons. The third-order valence-electron chi connectivity index (χ3n) is 5.42. The van der Waals surface area contributed by atoms with Crippen LogP contribution in [0.25, 0.3) is 0 Å². The van der Waals surface area contributed by atoms with Crippen LogP contribution in [0, 0.1) is 0 Å². The highest BCUT2D eigenvalue weighted by molar-refractivity contribution is 7.92. The quantitative estimate of drug-likeness (QED) is 0.311. The summed E-state index contributed by atoms with van der Waals surface area (Å²) in [6.45, 7) is -0.138. The number of amides is 2. The molecule has 0 aliphatic carbocycles. The highest BCUT2D eigenvalue weighted by Crippen LogP contribution is 2.38. The van der Waals surface area contributed by atoms with Crippen LogP contribution >= 0.6 is 11.6 Å². The molecule has 0 bridgehead atoms. The monoisotopic (exact) mass is 583 g/mol. The molecule has 13 heteroatoms. The molecule has 0 aliphatic rings. The summed E-state index contributed by atoms with van der Waals surface area (Å²) in [6, 6.07) is 15.6. The largest absolute Gasteiger partial charge is 0.417 e. The minimum Gasteiger partial charge on any atom is -0.385 e. The van der Waals surface area contributed by atoms with E-state index in [-0.39, 0.29) is 16.1 Å². The first kappa shape index (κ1) is 29.9. The lowest BCUT2D eigenvalue weighted by atomic mass is 10.1. The van der Waals surface area contributed by atoms with Gasteiger partial charge in [0.05, 0.1) is 32.4 Å². The summed E-state index contributed by atoms with van der Waals surface area (Å²) in [5.41, 5.74) is -1.47. The molecule has 0 fully saturated rings. The molecule has 0 aliphatic heterocycles. The van der Waals surface area contributed by atoms with Crippen LogP contribution in [-0.2, 0) is 25.7 Å². The molecule has 0 heterocycles. The van der Waals surface area contributed by atoms with Crippen LogP contribution in [0.5, 0.6) is 0 Å². The normalized spacial score (nSPS) is 11.6. The molecule has 2 N–H and O–H groups in total. The van der Waals surface area contributed by atoms with Crippen molar-refractivity contribution in [3.8, 4) is 0 Å². The minimum atomic E-state index is -4.87. The maximum Gasteiger partial charge on any atom is 0.417 e. The predicted octanol–water partition coefficient (Wildman–Crippen LogP) is 4.96. The SMILES string of the molecule is COCCCNC(=O)c1ccccc1NC(=O)CN(c1ccc(Cl)c(C(F)(F)F)c1)S(=O)(=O)c1ccccc1. The number of para-hydroxylation sites is 1. The molecule has 3 rings (SSSR count). The van der Waals surface area contributed by atoms with Gasteiger partial charge in [0.15, 0.2) is 0 Å². The molecule has 208 valence electrons. The van der Waals surface area contributed by atoms with Crippen molar-refractivity contribution in [2.45, 2.75) is 17.5 Å². The van der Waals surface area contributed by atoms with Crippen LogP contribution in [0.3, 0.4) is 0 Å². The van der Waals surface area contributed by atoms with Crippen LogP contribution in [0.4, 0.5) is 24.5 Å². The van der Waals surface area contributed by atoms with Gasteiger partial charge in [-0.3, -0.25) is 13.9 Å². The van der Waals surface area contributed by atoms with E-state index >= 15 is 0 Å². The van der Waals surface area contributed by atoms with E-state index < -0.39 is 50.8 Å². The van der Waals surface area contributed by atoms with Gasteiger partial charge in [-0.15, -0.1) is 0 Å². The number of carbonyl (C=O) groups excluding carboxylic acids is 2. The second-order valence-corrected chi connectivity index (χ2v) is 10.5. The van der Waals surface area contributed by atoms with E-state index in [0.717, 1.165) is 12.1 Å². The van der Waals surface area contributed by atoms with E-state index in [4.69, 9.17) is 16.3 Å². The third kappa shape index (κ3) is 7.71. The summed E-state index contributed by atoms with van der Waals surface area (Å²) < 4.78 is 73.0. The minimum absolute atomic E-state index is 0.0934. The maximum atomic E-state index is 13.5. The number of halogens is 4. The number of carbonyl (C=O) groups is 2. The average Bonchev–Trinajstić information content (AvgIpc) is 2.90. The first-order valence-electron chi connectivity index (χ1n) is 11.6. The third-order valence-corrected chi connectivity index (χ3v) is 7.54. The van der Waals surface area contributed by atoms with Gasteiger partial charge in [-0.2, -0.15) is 13.2 Å². The van der Waals surface area contributed by atoms with E-state index in [1.165, 1.54) is 43.5 Å². The zero-order valence-corrected chi connectivity index (χ0v) is 22.2. The summed E-state index contributed by atoms with van der Waals surface area (Å²) in [7, 11) is -2.96. The topological polar surface area (TPSA) is 105 Å². The molecule has 0 atom stereocenters. The highest BCUT2D eigenvalue weighted by atomic mass is 35.5. The van der Waals surface area contributed by atoms with E-state index in [1.807, 2.05) is 0 Å². The van der Waals surface area contributed by atoms with Gasteiger partial charge in [0, 0.05) is 20.3 Å². The van der Waals surface area contributed by atoms with Gasteiger partial charge in [0.1, 0.15) is 6.54 Å². The Balaban J connectivity index is 1.94. The number of hydrogen-bond donors (Lipinski definition) is 2. The van der Waals surface area contributed by atoms with Crippen molar-refractivity contribution in [1.82, 2.24) is 5.32 Å². The number of nitrogens with one attached hydrogen (secondary N) is 2. The molecule has 8 nitrogen and oxygen atoms in total. The first-order valence-corrected chi connectivity index (χ1v) is 13.4. The van der Waals surface area contributed by atoms with Gasteiger partial charge in [-0.25, -0.2) is 8.42 Å². The zero-order valence-electron chi connectivity index (χ0n) is 20.7. The Morgan fingerprint density at radius 2 is 1.67 bits per heavy atom. The van der Waals surface area contributed by atoms with Crippen molar-refractivity contribution >= 4 is 44.8 Å². The standard InChI is InChI=1S/C26H25ClF3N3O5S/c1-38-15-7-14-31-25(35)20-10-5-6-11-23(20)32-24(34)17-33(39(36,37)19-8-3-2-4-9-19)18-12-13-22(27)21(16-18)26(28,29)30/h2-6,8-13,16H,7,14-15,17H2,1H3,(H,31,35)(H,32,34). The Morgan fingerprint density at radius 3 is 2.33 bits per heavy atom. The Hall–Kier alpha value is -3.61. The fourth-order valence-electron chi connectivity index (χ4n) is 3.54. The first-order chi connectivity index (χ1) is 18.4. The van der Waals surface area contributed by atoms with Gasteiger partial charge in [0.25, 0.3) is 15.9 Å². The van der Waals surface area contributed by atoms with Gasteiger partial charge < -0.3 is 15.4 Å². The number of alkyl halides is 3. The van der Waals surface area contributed by atoms with Crippen molar-refractivity contribution in [3.63, 3.8) is 0 Å². The molecule has 0 spiro atoms. The Morgan fingerprint density at radius 1 is 1.00 bits per heavy atom. The molecule has 0 saturated carbocycles. The van der Waals surface area contributed by atoms with Crippen molar-refractivity contribution in [1.29, 1.82) is 0 Å². The smallest absolute Gasteiger partial charge is 0.385 e. The lowest BCUT2D eigenvalue weighted by Crippen LogP contribution is -2.38. The lowest BCUT2D eigenvalue weighted by Gasteiger charge is -2.25. The predicted molar refractivity (Wildman–Crippen MR) is 141 cm³/mol. The Kier molecular flexibility index (Phi) is 9.95. The summed E-state index contributed by atoms with van der Waals surface area (Å²) >= 11 is 5.72. The molecule has 0 unspecified atom stereocenters. The molecule has 3 aromatic carbocycles. The van der Waals surface area contributed by atoms with Crippen molar-refractivity contribution in [2.75, 3.05) is 36.4 Å². The molecule has 39 heavy (non-hydrogen) atoms. The fourth-order valence-corrected chi connectivity index (χ4v) is 5.20. The molecule has 2 amide bonds. The highest BCUT2D eigenvalue weighted by Gasteiger charge is 2.35. The lowest BCUT2D eigenvalue weighted by molar-refractivity contribution is -0.137. The summed E-state index contributed by atoms with van der Waals surface area (Å²) in [5.74, 6) is -1.37. The summed E-state index contributed by atoms with van der Waals surface area (Å²) in [4.78, 5) is 25.5. The second-order valence-electron chi connectivity index (χ2n) is 8.18. The van der Waals surface area contributed by atoms with Crippen LogP contribution in [0.15, 0.2) is 77.7 Å². The number of ether oxygens (including phenoxy) is 1. The van der Waals surface area contributed by atoms with Crippen molar-refractivity contribution in [3.05, 3.63) is 88.9 Å². The van der Waals surface area contributed by atoms with Gasteiger partial charge in [-0.05, 0) is 48.9 Å². The molecule has 0 aromatic heterocycles. The number of rotatable bonds is 11. The van der Waals surface area contributed by atoms with Crippen LogP contribution in [-0.4, -0.2) is 47.0 Å². The van der Waals surface area contributed by atoms with E-state index in [2.05, 4.69) is 10.6 Å². The maximum absolute atomic E-state index is 13.5. The molecule has 0 saturated heterocycles. The van der Waals surface area contributed by atoms with Crippen molar-refractivity contribution < 1.29 is 35.9 Å². The number of nitrogens with zero attached hydrogens (tertiary/aromatic N) is 1. The Bertz CT molecular complexity index is 1420. The molecule has 3 aromatic rings. The summed E-state index contributed by atoms with van der Waals surface area (Å²) in [5, 5.41) is 4.56. The van der Waals surface area contributed by atoms with Crippen LogP contribution < -0.4 is 14.9 Å². The van der Waals surface area contributed by atoms with Gasteiger partial charge >= 0.3 is 6.18 Å². The number of anilines is 2. The molecular weight excluding hydrogens is 559 g/mol. The van der Waals surface area contributed by atoms with E-state index in [1.54, 1.807) is 18.2 Å². The van der Waals surface area contributed by atoms with Gasteiger partial charge in [0.2, 0.25) is 5.91 Å². The van der Waals surface area contributed by atoms with E-state index in [9.17, 15) is 31.2 Å². The van der Waals surface area contributed by atoms with E-state index in [0.29, 0.717) is 29.9 Å². The molecular formula is C26H25ClF3N3O5S. The second kappa shape index (κ2) is 13.0. The summed E-state index contributed by atoms with van der Waals surface area (Å²) in [6.07, 6.45) is -4.31. The zero-order chi connectivity index (χ0) is 28.6. The van der Waals surface area contributed by atoms with Crippen LogP contribution in [0.2, 0.25) is 5.02 Å².